The predicted octanol–water partition coefficient (Wildman–Crippen LogP) is 1.95. The number of ether oxygens (including phenoxy) is 1. The Morgan fingerprint density at radius 1 is 1.29 bits per heavy atom. The largest absolute Gasteiger partial charge is 0.481 e. The van der Waals surface area contributed by atoms with E-state index in [1.54, 1.807) is 31.6 Å². The van der Waals surface area contributed by atoms with Crippen molar-refractivity contribution in [2.75, 3.05) is 7.11 Å². The zero-order chi connectivity index (χ0) is 9.80. The van der Waals surface area contributed by atoms with Crippen LogP contribution in [-0.4, -0.2) is 17.1 Å². The van der Waals surface area contributed by atoms with Crippen LogP contribution in [0.3, 0.4) is 0 Å². The van der Waals surface area contributed by atoms with Gasteiger partial charge >= 0.3 is 0 Å². The first-order valence-corrected chi connectivity index (χ1v) is 4.23. The van der Waals surface area contributed by atoms with Gasteiger partial charge in [0.05, 0.1) is 18.4 Å². The van der Waals surface area contributed by atoms with E-state index in [2.05, 4.69) is 16.0 Å². The number of pyridine rings is 2. The molecule has 3 nitrogen and oxygen atoms in total. The molecule has 0 bridgehead atoms. The quantitative estimate of drug-likeness (QED) is 0.717. The highest BCUT2D eigenvalue weighted by molar-refractivity contribution is 5.64. The molecule has 2 aromatic rings. The molecule has 0 unspecified atom stereocenters. The maximum atomic E-state index is 5.13. The Labute approximate surface area is 82.4 Å². The molecule has 0 saturated heterocycles. The van der Waals surface area contributed by atoms with Crippen LogP contribution in [-0.2, 0) is 0 Å². The van der Waals surface area contributed by atoms with E-state index in [1.807, 2.05) is 12.1 Å². The van der Waals surface area contributed by atoms with Gasteiger partial charge in [-0.05, 0) is 30.3 Å². The van der Waals surface area contributed by atoms with Crippen LogP contribution in [0, 0.1) is 6.07 Å². The van der Waals surface area contributed by atoms with Gasteiger partial charge in [-0.2, -0.15) is 0 Å². The van der Waals surface area contributed by atoms with E-state index >= 15 is 0 Å². The second-order valence-corrected chi connectivity index (χ2v) is 2.70. The van der Waals surface area contributed by atoms with Gasteiger partial charge < -0.3 is 4.74 Å². The Bertz CT molecular complexity index is 415. The summed E-state index contributed by atoms with van der Waals surface area (Å²) in [6.07, 6.45) is 3.39. The molecule has 0 aromatic carbocycles. The van der Waals surface area contributed by atoms with Crippen LogP contribution < -0.4 is 4.74 Å². The molecule has 2 heterocycles. The van der Waals surface area contributed by atoms with Crippen LogP contribution >= 0.6 is 0 Å². The highest BCUT2D eigenvalue weighted by Gasteiger charge is 2.05. The van der Waals surface area contributed by atoms with Crippen molar-refractivity contribution in [1.29, 1.82) is 0 Å². The van der Waals surface area contributed by atoms with Crippen molar-refractivity contribution in [3.63, 3.8) is 0 Å². The summed E-state index contributed by atoms with van der Waals surface area (Å²) in [6.45, 7) is 0. The van der Waals surface area contributed by atoms with Crippen LogP contribution in [0.4, 0.5) is 0 Å². The van der Waals surface area contributed by atoms with Crippen molar-refractivity contribution in [3.8, 4) is 17.1 Å². The van der Waals surface area contributed by atoms with E-state index in [4.69, 9.17) is 4.74 Å². The minimum Gasteiger partial charge on any atom is -0.481 e. The second kappa shape index (κ2) is 3.87. The van der Waals surface area contributed by atoms with Crippen molar-refractivity contribution in [3.05, 3.63) is 42.7 Å². The minimum atomic E-state index is 0.583. The summed E-state index contributed by atoms with van der Waals surface area (Å²) < 4.78 is 5.13. The fraction of sp³-hybridized carbons (Fsp3) is 0.0909. The topological polar surface area (TPSA) is 35.0 Å². The number of rotatable bonds is 2. The molecular weight excluding hydrogens is 176 g/mol. The number of hydrogen-bond donors (Lipinski definition) is 0. The van der Waals surface area contributed by atoms with E-state index in [-0.39, 0.29) is 0 Å². The van der Waals surface area contributed by atoms with Gasteiger partial charge in [0.25, 0.3) is 0 Å². The van der Waals surface area contributed by atoms with Crippen LogP contribution in [0.15, 0.2) is 36.7 Å². The predicted molar refractivity (Wildman–Crippen MR) is 52.9 cm³/mol. The Hall–Kier alpha value is -1.90. The molecule has 14 heavy (non-hydrogen) atoms. The zero-order valence-corrected chi connectivity index (χ0v) is 7.77. The van der Waals surface area contributed by atoms with Gasteiger partial charge in [-0.25, -0.2) is 4.98 Å². The number of hydrogen-bond acceptors (Lipinski definition) is 3. The molecule has 0 saturated carbocycles. The summed E-state index contributed by atoms with van der Waals surface area (Å²) in [5.41, 5.74) is 1.70. The number of aromatic nitrogens is 2. The standard InChI is InChI=1S/C11H9N2O/c1-14-11-9(5-4-8-13-11)10-6-2-3-7-12-10/h3-8H,1H3. The molecule has 3 heteroatoms. The molecule has 0 amide bonds. The Kier molecular flexibility index (Phi) is 2.40. The highest BCUT2D eigenvalue weighted by atomic mass is 16.5. The molecule has 1 radical (unpaired) electrons. The lowest BCUT2D eigenvalue weighted by molar-refractivity contribution is 0.399. The summed E-state index contributed by atoms with van der Waals surface area (Å²) in [5.74, 6) is 0.583. The molecule has 0 atom stereocenters. The maximum absolute atomic E-state index is 5.13. The van der Waals surface area contributed by atoms with Gasteiger partial charge in [-0.3, -0.25) is 4.98 Å². The third-order valence-corrected chi connectivity index (χ3v) is 1.84. The normalized spacial score (nSPS) is 9.79. The third kappa shape index (κ3) is 1.57. The first-order valence-electron chi connectivity index (χ1n) is 4.23. The van der Waals surface area contributed by atoms with Gasteiger partial charge in [0, 0.05) is 12.4 Å². The van der Waals surface area contributed by atoms with Crippen molar-refractivity contribution >= 4 is 0 Å². The monoisotopic (exact) mass is 185 g/mol. The van der Waals surface area contributed by atoms with Gasteiger partial charge in [0.1, 0.15) is 0 Å². The summed E-state index contributed by atoms with van der Waals surface area (Å²) in [4.78, 5) is 8.30. The second-order valence-electron chi connectivity index (χ2n) is 2.70. The molecule has 0 fully saturated rings. The van der Waals surface area contributed by atoms with Gasteiger partial charge in [-0.1, -0.05) is 0 Å². The lowest BCUT2D eigenvalue weighted by atomic mass is 10.2. The van der Waals surface area contributed by atoms with E-state index in [0.717, 1.165) is 11.3 Å². The van der Waals surface area contributed by atoms with E-state index < -0.39 is 0 Å². The fourth-order valence-corrected chi connectivity index (χ4v) is 1.22. The molecule has 69 valence electrons. The number of methoxy groups -OCH3 is 1. The van der Waals surface area contributed by atoms with Gasteiger partial charge in [0.15, 0.2) is 0 Å². The van der Waals surface area contributed by atoms with E-state index in [0.29, 0.717) is 5.88 Å². The van der Waals surface area contributed by atoms with Gasteiger partial charge in [0.2, 0.25) is 5.88 Å². The number of nitrogens with zero attached hydrogens (tertiary/aromatic N) is 2. The highest BCUT2D eigenvalue weighted by Crippen LogP contribution is 2.24. The average Bonchev–Trinajstić information content (AvgIpc) is 2.30. The van der Waals surface area contributed by atoms with Crippen molar-refractivity contribution in [2.45, 2.75) is 0 Å². The summed E-state index contributed by atoms with van der Waals surface area (Å²) in [6, 6.07) is 10.3. The van der Waals surface area contributed by atoms with Crippen LogP contribution in [0.5, 0.6) is 5.88 Å². The molecule has 0 N–H and O–H groups in total. The lowest BCUT2D eigenvalue weighted by Gasteiger charge is -2.04. The first-order chi connectivity index (χ1) is 6.92. The lowest BCUT2D eigenvalue weighted by Crippen LogP contribution is -1.91. The van der Waals surface area contributed by atoms with Gasteiger partial charge in [-0.15, -0.1) is 0 Å². The molecule has 0 aliphatic heterocycles. The van der Waals surface area contributed by atoms with E-state index in [1.165, 1.54) is 0 Å². The summed E-state index contributed by atoms with van der Waals surface area (Å²) in [7, 11) is 1.60. The van der Waals surface area contributed by atoms with E-state index in [9.17, 15) is 0 Å². The van der Waals surface area contributed by atoms with Crippen LogP contribution in [0.2, 0.25) is 0 Å². The first kappa shape index (κ1) is 8.69. The average molecular weight is 185 g/mol. The van der Waals surface area contributed by atoms with Crippen LogP contribution in [0.25, 0.3) is 11.3 Å². The molecule has 0 spiro atoms. The molecule has 2 aromatic heterocycles. The smallest absolute Gasteiger partial charge is 0.222 e. The molecule has 2 rings (SSSR count). The Morgan fingerprint density at radius 2 is 2.21 bits per heavy atom. The van der Waals surface area contributed by atoms with Crippen molar-refractivity contribution in [2.24, 2.45) is 0 Å². The van der Waals surface area contributed by atoms with Crippen molar-refractivity contribution in [1.82, 2.24) is 9.97 Å². The summed E-state index contributed by atoms with van der Waals surface area (Å²) >= 11 is 0. The maximum Gasteiger partial charge on any atom is 0.222 e. The van der Waals surface area contributed by atoms with Crippen LogP contribution in [0.1, 0.15) is 0 Å². The zero-order valence-electron chi connectivity index (χ0n) is 7.77. The minimum absolute atomic E-state index is 0.583. The Morgan fingerprint density at radius 3 is 2.93 bits per heavy atom. The fourth-order valence-electron chi connectivity index (χ4n) is 1.22. The molecule has 0 aliphatic carbocycles. The molecular formula is C11H9N2O. The summed E-state index contributed by atoms with van der Waals surface area (Å²) in [5, 5.41) is 0. The third-order valence-electron chi connectivity index (χ3n) is 1.84. The van der Waals surface area contributed by atoms with Crippen molar-refractivity contribution < 1.29 is 4.74 Å². The Balaban J connectivity index is 2.51. The SMILES string of the molecule is COc1ncccc1-c1c[c]ccn1. The molecule has 0 aliphatic rings.